The van der Waals surface area contributed by atoms with E-state index in [4.69, 9.17) is 4.74 Å². The number of hydrogen-bond acceptors (Lipinski definition) is 7. The molecule has 164 valence electrons. The van der Waals surface area contributed by atoms with Gasteiger partial charge in [0.25, 0.3) is 0 Å². The van der Waals surface area contributed by atoms with Crippen molar-refractivity contribution in [2.24, 2.45) is 0 Å². The lowest BCUT2D eigenvalue weighted by Crippen LogP contribution is -2.17. The summed E-state index contributed by atoms with van der Waals surface area (Å²) in [6, 6.07) is 13.1. The molecule has 32 heavy (non-hydrogen) atoms. The van der Waals surface area contributed by atoms with Crippen LogP contribution in [0.15, 0.2) is 67.3 Å². The Kier molecular flexibility index (Phi) is 5.87. The molecule has 8 heteroatoms. The molecular formula is C24H26N6O2. The van der Waals surface area contributed by atoms with Gasteiger partial charge in [-0.2, -0.15) is 5.10 Å². The number of ether oxygens (including phenoxy) is 1. The van der Waals surface area contributed by atoms with Crippen molar-refractivity contribution in [1.29, 1.82) is 0 Å². The summed E-state index contributed by atoms with van der Waals surface area (Å²) >= 11 is 0. The number of nitrogens with one attached hydrogen (secondary N) is 1. The van der Waals surface area contributed by atoms with Crippen molar-refractivity contribution >= 4 is 11.5 Å². The Morgan fingerprint density at radius 3 is 2.53 bits per heavy atom. The third-order valence-electron chi connectivity index (χ3n) is 4.75. The van der Waals surface area contributed by atoms with Crippen molar-refractivity contribution in [1.82, 2.24) is 24.7 Å². The first kappa shape index (κ1) is 21.5. The molecule has 0 saturated heterocycles. The van der Waals surface area contributed by atoms with Crippen LogP contribution >= 0.6 is 0 Å². The standard InChI is InChI=1S/C24H26N6O2/c1-16(2)30-15-20(23(29-30)19-7-5-6-10-25-19)32-18-9-12-27-22(14-18)28-17-8-11-26-21(13-17)24(3,4)31/h5-16,31H,1-4H3,(H,26,27,28). The van der Waals surface area contributed by atoms with Crippen molar-refractivity contribution in [2.75, 3.05) is 5.32 Å². The van der Waals surface area contributed by atoms with Gasteiger partial charge in [0.05, 0.1) is 17.6 Å². The molecule has 0 aromatic carbocycles. The van der Waals surface area contributed by atoms with Crippen LogP contribution in [0.3, 0.4) is 0 Å². The third-order valence-corrected chi connectivity index (χ3v) is 4.75. The van der Waals surface area contributed by atoms with Crippen LogP contribution in [-0.2, 0) is 5.60 Å². The number of nitrogens with zero attached hydrogens (tertiary/aromatic N) is 5. The average molecular weight is 431 g/mol. The summed E-state index contributed by atoms with van der Waals surface area (Å²) in [5, 5.41) is 18.1. The van der Waals surface area contributed by atoms with Gasteiger partial charge < -0.3 is 15.2 Å². The zero-order chi connectivity index (χ0) is 22.7. The zero-order valence-corrected chi connectivity index (χ0v) is 18.5. The predicted molar refractivity (Wildman–Crippen MR) is 123 cm³/mol. The lowest BCUT2D eigenvalue weighted by molar-refractivity contribution is 0.0739. The van der Waals surface area contributed by atoms with Crippen molar-refractivity contribution in [3.8, 4) is 22.9 Å². The SMILES string of the molecule is CC(C)n1cc(Oc2ccnc(Nc3ccnc(C(C)(C)O)c3)c2)c(-c2ccccn2)n1. The van der Waals surface area contributed by atoms with E-state index in [0.717, 1.165) is 11.4 Å². The fraction of sp³-hybridized carbons (Fsp3) is 0.250. The third kappa shape index (κ3) is 4.92. The smallest absolute Gasteiger partial charge is 0.174 e. The lowest BCUT2D eigenvalue weighted by atomic mass is 10.0. The quantitative estimate of drug-likeness (QED) is 0.422. The molecule has 0 radical (unpaired) electrons. The molecule has 4 aromatic rings. The first-order valence-electron chi connectivity index (χ1n) is 10.4. The Morgan fingerprint density at radius 2 is 1.81 bits per heavy atom. The molecule has 4 heterocycles. The molecule has 0 unspecified atom stereocenters. The Bertz CT molecular complexity index is 1200. The first-order chi connectivity index (χ1) is 15.3. The molecule has 0 aliphatic heterocycles. The molecule has 0 amide bonds. The van der Waals surface area contributed by atoms with E-state index in [2.05, 4.69) is 39.2 Å². The molecular weight excluding hydrogens is 404 g/mol. The summed E-state index contributed by atoms with van der Waals surface area (Å²) in [5.74, 6) is 1.83. The molecule has 4 rings (SSSR count). The lowest BCUT2D eigenvalue weighted by Gasteiger charge is -2.17. The van der Waals surface area contributed by atoms with Gasteiger partial charge in [-0.25, -0.2) is 4.98 Å². The summed E-state index contributed by atoms with van der Waals surface area (Å²) in [5.41, 5.74) is 1.72. The van der Waals surface area contributed by atoms with Crippen molar-refractivity contribution in [3.63, 3.8) is 0 Å². The fourth-order valence-corrected chi connectivity index (χ4v) is 3.06. The predicted octanol–water partition coefficient (Wildman–Crippen LogP) is 5.08. The van der Waals surface area contributed by atoms with E-state index in [-0.39, 0.29) is 6.04 Å². The average Bonchev–Trinajstić information content (AvgIpc) is 3.18. The van der Waals surface area contributed by atoms with Crippen LogP contribution in [0.5, 0.6) is 11.5 Å². The van der Waals surface area contributed by atoms with E-state index >= 15 is 0 Å². The van der Waals surface area contributed by atoms with E-state index in [9.17, 15) is 5.11 Å². The number of aromatic nitrogens is 5. The van der Waals surface area contributed by atoms with Gasteiger partial charge in [-0.05, 0) is 58.0 Å². The molecule has 0 atom stereocenters. The van der Waals surface area contributed by atoms with Gasteiger partial charge in [-0.15, -0.1) is 0 Å². The van der Waals surface area contributed by atoms with Gasteiger partial charge in [-0.1, -0.05) is 6.07 Å². The van der Waals surface area contributed by atoms with Gasteiger partial charge in [0.1, 0.15) is 17.2 Å². The number of rotatable bonds is 7. The molecule has 0 fully saturated rings. The molecule has 0 aliphatic rings. The van der Waals surface area contributed by atoms with Crippen LogP contribution < -0.4 is 10.1 Å². The van der Waals surface area contributed by atoms with E-state index in [1.54, 1.807) is 50.6 Å². The second-order valence-corrected chi connectivity index (χ2v) is 8.22. The van der Waals surface area contributed by atoms with Gasteiger partial charge in [0.2, 0.25) is 0 Å². The van der Waals surface area contributed by atoms with Crippen molar-refractivity contribution < 1.29 is 9.84 Å². The van der Waals surface area contributed by atoms with E-state index in [1.165, 1.54) is 0 Å². The minimum absolute atomic E-state index is 0.182. The normalized spacial score (nSPS) is 11.6. The monoisotopic (exact) mass is 430 g/mol. The van der Waals surface area contributed by atoms with E-state index in [0.29, 0.717) is 28.7 Å². The summed E-state index contributed by atoms with van der Waals surface area (Å²) in [6.07, 6.45) is 6.93. The van der Waals surface area contributed by atoms with Crippen molar-refractivity contribution in [3.05, 3.63) is 72.9 Å². The number of anilines is 2. The highest BCUT2D eigenvalue weighted by Gasteiger charge is 2.18. The van der Waals surface area contributed by atoms with Gasteiger partial charge in [0, 0.05) is 36.4 Å². The van der Waals surface area contributed by atoms with Crippen LogP contribution in [0.4, 0.5) is 11.5 Å². The molecule has 2 N–H and O–H groups in total. The molecule has 4 aromatic heterocycles. The summed E-state index contributed by atoms with van der Waals surface area (Å²) in [4.78, 5) is 13.0. The second-order valence-electron chi connectivity index (χ2n) is 8.22. The highest BCUT2D eigenvalue weighted by Crippen LogP contribution is 2.33. The van der Waals surface area contributed by atoms with Gasteiger partial charge in [0.15, 0.2) is 11.4 Å². The van der Waals surface area contributed by atoms with Crippen LogP contribution in [-0.4, -0.2) is 29.8 Å². The summed E-state index contributed by atoms with van der Waals surface area (Å²) in [7, 11) is 0. The van der Waals surface area contributed by atoms with E-state index in [1.807, 2.05) is 35.1 Å². The fourth-order valence-electron chi connectivity index (χ4n) is 3.06. The summed E-state index contributed by atoms with van der Waals surface area (Å²) in [6.45, 7) is 7.51. The van der Waals surface area contributed by atoms with Gasteiger partial charge >= 0.3 is 0 Å². The Morgan fingerprint density at radius 1 is 1.00 bits per heavy atom. The largest absolute Gasteiger partial charge is 0.453 e. The first-order valence-corrected chi connectivity index (χ1v) is 10.4. The minimum Gasteiger partial charge on any atom is -0.453 e. The van der Waals surface area contributed by atoms with Crippen LogP contribution in [0.1, 0.15) is 39.4 Å². The number of hydrogen-bond donors (Lipinski definition) is 2. The summed E-state index contributed by atoms with van der Waals surface area (Å²) < 4.78 is 8.05. The van der Waals surface area contributed by atoms with E-state index < -0.39 is 5.60 Å². The number of pyridine rings is 3. The molecule has 0 saturated carbocycles. The van der Waals surface area contributed by atoms with Crippen LogP contribution in [0, 0.1) is 0 Å². The van der Waals surface area contributed by atoms with Crippen LogP contribution in [0.2, 0.25) is 0 Å². The zero-order valence-electron chi connectivity index (χ0n) is 18.5. The van der Waals surface area contributed by atoms with Gasteiger partial charge in [-0.3, -0.25) is 14.6 Å². The highest BCUT2D eigenvalue weighted by molar-refractivity contribution is 5.63. The Balaban J connectivity index is 1.60. The maximum atomic E-state index is 10.2. The molecule has 0 spiro atoms. The number of aliphatic hydroxyl groups is 1. The maximum absolute atomic E-state index is 10.2. The highest BCUT2D eigenvalue weighted by atomic mass is 16.5. The van der Waals surface area contributed by atoms with Crippen LogP contribution in [0.25, 0.3) is 11.4 Å². The topological polar surface area (TPSA) is 98.0 Å². The van der Waals surface area contributed by atoms with Crippen molar-refractivity contribution in [2.45, 2.75) is 39.3 Å². The maximum Gasteiger partial charge on any atom is 0.174 e. The molecule has 8 nitrogen and oxygen atoms in total. The molecule has 0 aliphatic carbocycles. The second kappa shape index (κ2) is 8.76. The molecule has 0 bridgehead atoms. The minimum atomic E-state index is -1.03. The Labute approximate surface area is 187 Å². The Hall–Kier alpha value is -3.78.